The molecule has 0 aliphatic rings. The average Bonchev–Trinajstić information content (AvgIpc) is 2.41. The Balaban J connectivity index is 5.05. The Hall–Kier alpha value is -0.800. The number of carbonyl (C=O) groups excluding carboxylic acids is 3. The Labute approximate surface area is 155 Å². The summed E-state index contributed by atoms with van der Waals surface area (Å²) in [5.41, 5.74) is -0.854. The molecule has 0 aliphatic heterocycles. The zero-order chi connectivity index (χ0) is 19.0. The Morgan fingerprint density at radius 3 is 2.21 bits per heavy atom. The molecule has 0 aromatic rings. The summed E-state index contributed by atoms with van der Waals surface area (Å²) >= 11 is 16.4. The molecule has 0 aromatic heterocycles. The van der Waals surface area contributed by atoms with Gasteiger partial charge in [-0.15, -0.1) is 0 Å². The van der Waals surface area contributed by atoms with Crippen LogP contribution in [0.25, 0.3) is 0 Å². The Morgan fingerprint density at radius 1 is 1.21 bits per heavy atom. The standard InChI is InChI=1S/C13H20Cl3NO7/c1-12(2,3)24-10(19)9(8(5-18)23-7-21-4)17-11(20)22-6-13(14,15)16/h5,8-9H,6-7H2,1-4H3,(H,17,20)/t8-,9-/m0/s1. The van der Waals surface area contributed by atoms with Crippen LogP contribution in [0.1, 0.15) is 20.8 Å². The van der Waals surface area contributed by atoms with E-state index in [-0.39, 0.29) is 6.79 Å². The average molecular weight is 409 g/mol. The normalized spacial score (nSPS) is 14.5. The fourth-order valence-electron chi connectivity index (χ4n) is 1.32. The van der Waals surface area contributed by atoms with Crippen molar-refractivity contribution < 1.29 is 33.3 Å². The van der Waals surface area contributed by atoms with Crippen molar-refractivity contribution in [1.29, 1.82) is 0 Å². The van der Waals surface area contributed by atoms with Gasteiger partial charge in [0.1, 0.15) is 25.1 Å². The number of ether oxygens (including phenoxy) is 4. The molecule has 0 fully saturated rings. The molecule has 1 N–H and O–H groups in total. The van der Waals surface area contributed by atoms with Gasteiger partial charge < -0.3 is 29.1 Å². The van der Waals surface area contributed by atoms with E-state index in [0.717, 1.165) is 0 Å². The zero-order valence-electron chi connectivity index (χ0n) is 13.6. The van der Waals surface area contributed by atoms with Crippen LogP contribution >= 0.6 is 34.8 Å². The highest BCUT2D eigenvalue weighted by atomic mass is 35.6. The van der Waals surface area contributed by atoms with Crippen LogP contribution in [0.4, 0.5) is 4.79 Å². The summed E-state index contributed by atoms with van der Waals surface area (Å²) in [6.45, 7) is 4.02. The van der Waals surface area contributed by atoms with Crippen LogP contribution in [0, 0.1) is 0 Å². The van der Waals surface area contributed by atoms with Gasteiger partial charge in [0.25, 0.3) is 0 Å². The van der Waals surface area contributed by atoms with E-state index in [1.165, 1.54) is 7.11 Å². The number of carbonyl (C=O) groups is 3. The third-order valence-electron chi connectivity index (χ3n) is 2.14. The largest absolute Gasteiger partial charge is 0.458 e. The number of rotatable bonds is 8. The van der Waals surface area contributed by atoms with Crippen molar-refractivity contribution in [2.45, 2.75) is 42.3 Å². The summed E-state index contributed by atoms with van der Waals surface area (Å²) in [6, 6.07) is -1.47. The molecule has 0 spiro atoms. The molecule has 0 aromatic carbocycles. The smallest absolute Gasteiger partial charge is 0.408 e. The molecule has 11 heteroatoms. The van der Waals surface area contributed by atoms with Gasteiger partial charge in [-0.1, -0.05) is 34.8 Å². The predicted molar refractivity (Wildman–Crippen MR) is 87.2 cm³/mol. The van der Waals surface area contributed by atoms with Gasteiger partial charge >= 0.3 is 12.1 Å². The third-order valence-corrected chi connectivity index (χ3v) is 2.47. The third kappa shape index (κ3) is 10.9. The summed E-state index contributed by atoms with van der Waals surface area (Å²) in [4.78, 5) is 35.1. The van der Waals surface area contributed by atoms with Crippen molar-refractivity contribution >= 4 is 53.2 Å². The highest BCUT2D eigenvalue weighted by Crippen LogP contribution is 2.25. The number of amides is 1. The van der Waals surface area contributed by atoms with Crippen molar-refractivity contribution in [3.8, 4) is 0 Å². The number of hydrogen-bond donors (Lipinski definition) is 1. The highest BCUT2D eigenvalue weighted by molar-refractivity contribution is 6.67. The summed E-state index contributed by atoms with van der Waals surface area (Å²) in [5.74, 6) is -0.901. The van der Waals surface area contributed by atoms with E-state index < -0.39 is 40.2 Å². The molecule has 1 amide bonds. The molecule has 2 atom stereocenters. The fourth-order valence-corrected chi connectivity index (χ4v) is 1.48. The lowest BCUT2D eigenvalue weighted by molar-refractivity contribution is -0.166. The quantitative estimate of drug-likeness (QED) is 0.284. The van der Waals surface area contributed by atoms with E-state index in [2.05, 4.69) is 14.8 Å². The van der Waals surface area contributed by atoms with Gasteiger partial charge in [-0.2, -0.15) is 0 Å². The number of alkyl carbamates (subject to hydrolysis) is 1. The molecule has 0 rings (SSSR count). The molecule has 0 heterocycles. The molecule has 140 valence electrons. The van der Waals surface area contributed by atoms with Gasteiger partial charge in [0.15, 0.2) is 12.3 Å². The second-order valence-electron chi connectivity index (χ2n) is 5.52. The van der Waals surface area contributed by atoms with Crippen LogP contribution in [0.5, 0.6) is 0 Å². The number of aldehydes is 1. The van der Waals surface area contributed by atoms with Crippen LogP contribution in [-0.2, 0) is 28.5 Å². The maximum atomic E-state index is 12.2. The van der Waals surface area contributed by atoms with Crippen LogP contribution in [0.2, 0.25) is 0 Å². The number of halogens is 3. The van der Waals surface area contributed by atoms with Crippen LogP contribution in [-0.4, -0.2) is 60.4 Å². The topological polar surface area (TPSA) is 100 Å². The first-order chi connectivity index (χ1) is 10.9. The Bertz CT molecular complexity index is 434. The number of methoxy groups -OCH3 is 1. The van der Waals surface area contributed by atoms with Gasteiger partial charge in [-0.3, -0.25) is 0 Å². The minimum absolute atomic E-state index is 0.284. The lowest BCUT2D eigenvalue weighted by Gasteiger charge is -2.27. The SMILES string of the molecule is COCO[C@@H](C=O)[C@H](NC(=O)OCC(Cl)(Cl)Cl)C(=O)OC(C)(C)C. The van der Waals surface area contributed by atoms with Gasteiger partial charge in [0.05, 0.1) is 0 Å². The maximum Gasteiger partial charge on any atom is 0.408 e. The lowest BCUT2D eigenvalue weighted by atomic mass is 10.1. The van der Waals surface area contributed by atoms with Crippen LogP contribution in [0.3, 0.4) is 0 Å². The van der Waals surface area contributed by atoms with E-state index in [0.29, 0.717) is 6.29 Å². The van der Waals surface area contributed by atoms with Crippen LogP contribution < -0.4 is 5.32 Å². The summed E-state index contributed by atoms with van der Waals surface area (Å²) < 4.78 is 17.7. The first-order valence-corrected chi connectivity index (χ1v) is 7.81. The zero-order valence-corrected chi connectivity index (χ0v) is 15.9. The van der Waals surface area contributed by atoms with E-state index in [4.69, 9.17) is 44.3 Å². The molecule has 0 saturated carbocycles. The number of nitrogens with one attached hydrogen (secondary N) is 1. The van der Waals surface area contributed by atoms with E-state index in [1.807, 2.05) is 0 Å². The van der Waals surface area contributed by atoms with Crippen molar-refractivity contribution in [3.63, 3.8) is 0 Å². The van der Waals surface area contributed by atoms with E-state index in [1.54, 1.807) is 20.8 Å². The molecule has 8 nitrogen and oxygen atoms in total. The number of alkyl halides is 3. The molecule has 0 bridgehead atoms. The Kier molecular flexibility index (Phi) is 9.91. The molecular formula is C13H20Cl3NO7. The van der Waals surface area contributed by atoms with Gasteiger partial charge in [0, 0.05) is 7.11 Å². The van der Waals surface area contributed by atoms with Gasteiger partial charge in [-0.25, -0.2) is 9.59 Å². The maximum absolute atomic E-state index is 12.2. The first kappa shape index (κ1) is 23.2. The van der Waals surface area contributed by atoms with Crippen molar-refractivity contribution in [2.75, 3.05) is 20.5 Å². The molecule has 0 aliphatic carbocycles. The van der Waals surface area contributed by atoms with Crippen molar-refractivity contribution in [2.24, 2.45) is 0 Å². The van der Waals surface area contributed by atoms with E-state index in [9.17, 15) is 14.4 Å². The highest BCUT2D eigenvalue weighted by Gasteiger charge is 2.35. The Morgan fingerprint density at radius 2 is 1.79 bits per heavy atom. The second-order valence-corrected chi connectivity index (χ2v) is 8.04. The minimum atomic E-state index is -1.82. The number of hydrogen-bond acceptors (Lipinski definition) is 7. The second kappa shape index (κ2) is 10.2. The first-order valence-electron chi connectivity index (χ1n) is 6.68. The molecule has 0 radical (unpaired) electrons. The van der Waals surface area contributed by atoms with Crippen LogP contribution in [0.15, 0.2) is 0 Å². The summed E-state index contributed by atoms with van der Waals surface area (Å²) in [5, 5.41) is 2.15. The molecule has 0 saturated heterocycles. The van der Waals surface area contributed by atoms with Gasteiger partial charge in [-0.05, 0) is 20.8 Å². The summed E-state index contributed by atoms with van der Waals surface area (Å²) in [6.07, 6.45) is -2.13. The minimum Gasteiger partial charge on any atom is -0.458 e. The van der Waals surface area contributed by atoms with Gasteiger partial charge in [0.2, 0.25) is 3.79 Å². The van der Waals surface area contributed by atoms with Crippen molar-refractivity contribution in [1.82, 2.24) is 5.32 Å². The molecular weight excluding hydrogens is 389 g/mol. The van der Waals surface area contributed by atoms with Crippen molar-refractivity contribution in [3.05, 3.63) is 0 Å². The summed E-state index contributed by atoms with van der Waals surface area (Å²) in [7, 11) is 1.33. The van der Waals surface area contributed by atoms with E-state index >= 15 is 0 Å². The number of esters is 1. The predicted octanol–water partition coefficient (Wildman–Crippen LogP) is 1.98. The monoisotopic (exact) mass is 407 g/mol. The molecule has 0 unspecified atom stereocenters. The fraction of sp³-hybridized carbons (Fsp3) is 0.769. The lowest BCUT2D eigenvalue weighted by Crippen LogP contribution is -2.53. The molecule has 24 heavy (non-hydrogen) atoms.